The number of hydrogen-bond donors (Lipinski definition) is 2. The van der Waals surface area contributed by atoms with Gasteiger partial charge in [-0.3, -0.25) is 4.79 Å². The number of rotatable bonds is 6. The van der Waals surface area contributed by atoms with Gasteiger partial charge in [-0.1, -0.05) is 12.1 Å². The number of benzene rings is 1. The summed E-state index contributed by atoms with van der Waals surface area (Å²) in [5.74, 6) is 1.07. The maximum absolute atomic E-state index is 11.7. The molecule has 0 saturated heterocycles. The minimum Gasteiger partial charge on any atom is -0.497 e. The van der Waals surface area contributed by atoms with Crippen molar-refractivity contribution in [3.8, 4) is 5.75 Å². The Kier molecular flexibility index (Phi) is 4.20. The lowest BCUT2D eigenvalue weighted by molar-refractivity contribution is -0.120. The zero-order valence-electron chi connectivity index (χ0n) is 10.6. The Labute approximate surface area is 107 Å². The van der Waals surface area contributed by atoms with Crippen LogP contribution >= 0.6 is 0 Å². The molecule has 98 valence electrons. The van der Waals surface area contributed by atoms with Crippen LogP contribution in [0.15, 0.2) is 24.3 Å². The van der Waals surface area contributed by atoms with Crippen LogP contribution in [0.5, 0.6) is 5.75 Å². The van der Waals surface area contributed by atoms with Gasteiger partial charge in [0.25, 0.3) is 0 Å². The highest BCUT2D eigenvalue weighted by molar-refractivity contribution is 5.78. The average molecular weight is 249 g/mol. The molecule has 0 aromatic heterocycles. The Bertz CT molecular complexity index is 415. The Balaban J connectivity index is 1.78. The number of aliphatic hydroxyl groups excluding tert-OH is 1. The predicted octanol–water partition coefficient (Wildman–Crippen LogP) is 1.12. The number of carbonyl (C=O) groups is 1. The first-order chi connectivity index (χ1) is 8.69. The Morgan fingerprint density at radius 2 is 2.33 bits per heavy atom. The van der Waals surface area contributed by atoms with E-state index in [4.69, 9.17) is 4.74 Å². The monoisotopic (exact) mass is 249 g/mol. The van der Waals surface area contributed by atoms with Crippen LogP contribution in [0.4, 0.5) is 0 Å². The topological polar surface area (TPSA) is 58.6 Å². The predicted molar refractivity (Wildman–Crippen MR) is 68.4 cm³/mol. The molecule has 2 N–H and O–H groups in total. The van der Waals surface area contributed by atoms with E-state index in [0.29, 0.717) is 18.9 Å². The Morgan fingerprint density at radius 1 is 1.56 bits per heavy atom. The lowest BCUT2D eigenvalue weighted by Crippen LogP contribution is -2.34. The number of amides is 1. The van der Waals surface area contributed by atoms with E-state index in [1.165, 1.54) is 0 Å². The standard InChI is InChI=1S/C14H19NO3/c1-18-12-4-2-3-10(7-12)8-14(17)15-9-13(16)11-5-6-11/h2-4,7,11,13,16H,5-6,8-9H2,1H3,(H,15,17). The highest BCUT2D eigenvalue weighted by Crippen LogP contribution is 2.32. The molecule has 1 fully saturated rings. The first-order valence-corrected chi connectivity index (χ1v) is 6.26. The fourth-order valence-corrected chi connectivity index (χ4v) is 1.90. The fraction of sp³-hybridized carbons (Fsp3) is 0.500. The fourth-order valence-electron chi connectivity index (χ4n) is 1.90. The number of carbonyl (C=O) groups excluding carboxylic acids is 1. The summed E-state index contributed by atoms with van der Waals surface area (Å²) in [4.78, 5) is 11.7. The highest BCUT2D eigenvalue weighted by Gasteiger charge is 2.29. The van der Waals surface area contributed by atoms with Crippen molar-refractivity contribution >= 4 is 5.91 Å². The van der Waals surface area contributed by atoms with Gasteiger partial charge in [0, 0.05) is 6.54 Å². The van der Waals surface area contributed by atoms with Gasteiger partial charge < -0.3 is 15.2 Å². The van der Waals surface area contributed by atoms with Crippen LogP contribution in [0.2, 0.25) is 0 Å². The van der Waals surface area contributed by atoms with E-state index >= 15 is 0 Å². The van der Waals surface area contributed by atoms with Crippen LogP contribution in [0.25, 0.3) is 0 Å². The number of methoxy groups -OCH3 is 1. The molecule has 1 saturated carbocycles. The molecule has 1 aliphatic carbocycles. The summed E-state index contributed by atoms with van der Waals surface area (Å²) in [6.45, 7) is 0.355. The maximum Gasteiger partial charge on any atom is 0.224 e. The molecular formula is C14H19NO3. The first-order valence-electron chi connectivity index (χ1n) is 6.26. The summed E-state index contributed by atoms with van der Waals surface area (Å²) < 4.78 is 5.10. The molecule has 1 unspecified atom stereocenters. The molecular weight excluding hydrogens is 230 g/mol. The molecule has 0 radical (unpaired) electrons. The van der Waals surface area contributed by atoms with E-state index in [1.807, 2.05) is 24.3 Å². The first kappa shape index (κ1) is 12.9. The zero-order chi connectivity index (χ0) is 13.0. The second kappa shape index (κ2) is 5.87. The second-order valence-electron chi connectivity index (χ2n) is 4.74. The van der Waals surface area contributed by atoms with E-state index in [0.717, 1.165) is 24.2 Å². The number of nitrogens with one attached hydrogen (secondary N) is 1. The number of hydrogen-bond acceptors (Lipinski definition) is 3. The minimum atomic E-state index is -0.390. The summed E-state index contributed by atoms with van der Waals surface area (Å²) >= 11 is 0. The molecule has 0 spiro atoms. The van der Waals surface area contributed by atoms with Gasteiger partial charge in [-0.2, -0.15) is 0 Å². The van der Waals surface area contributed by atoms with Crippen molar-refractivity contribution in [2.75, 3.05) is 13.7 Å². The third-order valence-electron chi connectivity index (χ3n) is 3.17. The smallest absolute Gasteiger partial charge is 0.224 e. The van der Waals surface area contributed by atoms with Gasteiger partial charge in [0.15, 0.2) is 0 Å². The van der Waals surface area contributed by atoms with Crippen LogP contribution in [0.1, 0.15) is 18.4 Å². The average Bonchev–Trinajstić information content (AvgIpc) is 3.20. The van der Waals surface area contributed by atoms with E-state index < -0.39 is 0 Å². The van der Waals surface area contributed by atoms with Gasteiger partial charge in [0.1, 0.15) is 5.75 Å². The third-order valence-corrected chi connectivity index (χ3v) is 3.17. The molecule has 4 nitrogen and oxygen atoms in total. The zero-order valence-corrected chi connectivity index (χ0v) is 10.6. The van der Waals surface area contributed by atoms with Gasteiger partial charge in [-0.15, -0.1) is 0 Å². The van der Waals surface area contributed by atoms with Crippen molar-refractivity contribution in [1.29, 1.82) is 0 Å². The third kappa shape index (κ3) is 3.74. The largest absolute Gasteiger partial charge is 0.497 e. The van der Waals surface area contributed by atoms with Crippen molar-refractivity contribution in [3.63, 3.8) is 0 Å². The molecule has 18 heavy (non-hydrogen) atoms. The van der Waals surface area contributed by atoms with E-state index in [2.05, 4.69) is 5.32 Å². The van der Waals surface area contributed by atoms with Crippen LogP contribution < -0.4 is 10.1 Å². The molecule has 0 aliphatic heterocycles. The van der Waals surface area contributed by atoms with Crippen LogP contribution in [0.3, 0.4) is 0 Å². The SMILES string of the molecule is COc1cccc(CC(=O)NCC(O)C2CC2)c1. The molecule has 0 bridgehead atoms. The summed E-state index contributed by atoms with van der Waals surface area (Å²) in [5.41, 5.74) is 0.910. The van der Waals surface area contributed by atoms with E-state index in [-0.39, 0.29) is 12.0 Å². The summed E-state index contributed by atoms with van der Waals surface area (Å²) in [5, 5.41) is 12.4. The number of ether oxygens (including phenoxy) is 1. The van der Waals surface area contributed by atoms with E-state index in [9.17, 15) is 9.90 Å². The van der Waals surface area contributed by atoms with Gasteiger partial charge in [-0.05, 0) is 36.5 Å². The second-order valence-corrected chi connectivity index (χ2v) is 4.74. The molecule has 1 amide bonds. The molecule has 1 aromatic rings. The van der Waals surface area contributed by atoms with Crippen molar-refractivity contribution in [3.05, 3.63) is 29.8 Å². The van der Waals surface area contributed by atoms with Gasteiger partial charge in [0.05, 0.1) is 19.6 Å². The quantitative estimate of drug-likeness (QED) is 0.794. The van der Waals surface area contributed by atoms with Crippen molar-refractivity contribution < 1.29 is 14.6 Å². The lowest BCUT2D eigenvalue weighted by Gasteiger charge is -2.10. The molecule has 1 aromatic carbocycles. The van der Waals surface area contributed by atoms with Crippen molar-refractivity contribution in [2.45, 2.75) is 25.4 Å². The highest BCUT2D eigenvalue weighted by atomic mass is 16.5. The van der Waals surface area contributed by atoms with E-state index in [1.54, 1.807) is 7.11 Å². The van der Waals surface area contributed by atoms with Crippen LogP contribution in [0, 0.1) is 5.92 Å². The van der Waals surface area contributed by atoms with Crippen LogP contribution in [-0.2, 0) is 11.2 Å². The minimum absolute atomic E-state index is 0.0667. The Morgan fingerprint density at radius 3 is 3.00 bits per heavy atom. The molecule has 1 atom stereocenters. The summed E-state index contributed by atoms with van der Waals surface area (Å²) in [6.07, 6.45) is 2.08. The molecule has 1 aliphatic rings. The molecule has 2 rings (SSSR count). The van der Waals surface area contributed by atoms with Crippen molar-refractivity contribution in [2.24, 2.45) is 5.92 Å². The van der Waals surface area contributed by atoms with Crippen LogP contribution in [-0.4, -0.2) is 30.8 Å². The van der Waals surface area contributed by atoms with Gasteiger partial charge >= 0.3 is 0 Å². The van der Waals surface area contributed by atoms with Gasteiger partial charge in [0.2, 0.25) is 5.91 Å². The Hall–Kier alpha value is -1.55. The maximum atomic E-state index is 11.7. The number of aliphatic hydroxyl groups is 1. The molecule has 4 heteroatoms. The molecule has 0 heterocycles. The van der Waals surface area contributed by atoms with Crippen molar-refractivity contribution in [1.82, 2.24) is 5.32 Å². The summed E-state index contributed by atoms with van der Waals surface area (Å²) in [6, 6.07) is 7.44. The lowest BCUT2D eigenvalue weighted by atomic mass is 10.1. The van der Waals surface area contributed by atoms with Gasteiger partial charge in [-0.25, -0.2) is 0 Å². The summed E-state index contributed by atoms with van der Waals surface area (Å²) in [7, 11) is 1.60. The normalized spacial score (nSPS) is 16.1.